The predicted molar refractivity (Wildman–Crippen MR) is 92.0 cm³/mol. The van der Waals surface area contributed by atoms with Crippen molar-refractivity contribution in [1.82, 2.24) is 0 Å². The zero-order valence-corrected chi connectivity index (χ0v) is 12.7. The summed E-state index contributed by atoms with van der Waals surface area (Å²) < 4.78 is 0. The van der Waals surface area contributed by atoms with E-state index in [1.54, 1.807) is 0 Å². The van der Waals surface area contributed by atoms with Crippen molar-refractivity contribution >= 4 is 5.71 Å². The Hall–Kier alpha value is -2.15. The van der Waals surface area contributed by atoms with Crippen molar-refractivity contribution in [3.63, 3.8) is 0 Å². The van der Waals surface area contributed by atoms with Crippen molar-refractivity contribution in [2.75, 3.05) is 0 Å². The second-order valence-corrected chi connectivity index (χ2v) is 5.28. The Bertz CT molecular complexity index is 528. The van der Waals surface area contributed by atoms with Gasteiger partial charge in [-0.05, 0) is 26.2 Å². The quantitative estimate of drug-likeness (QED) is 0.371. The first-order valence-electron chi connectivity index (χ1n) is 7.61. The highest BCUT2D eigenvalue weighted by Gasteiger charge is 2.08. The molecule has 0 aromatic heterocycles. The first-order chi connectivity index (χ1) is 10.3. The minimum atomic E-state index is 0.320. The highest BCUT2D eigenvalue weighted by Crippen LogP contribution is 2.14. The van der Waals surface area contributed by atoms with E-state index in [0.717, 1.165) is 25.0 Å². The third kappa shape index (κ3) is 4.71. The summed E-state index contributed by atoms with van der Waals surface area (Å²) in [4.78, 5) is 4.97. The molecule has 0 saturated carbocycles. The molecule has 108 valence electrons. The van der Waals surface area contributed by atoms with Gasteiger partial charge in [0.1, 0.15) is 0 Å². The highest BCUT2D eigenvalue weighted by molar-refractivity contribution is 6.12. The van der Waals surface area contributed by atoms with Crippen molar-refractivity contribution in [1.29, 1.82) is 0 Å². The van der Waals surface area contributed by atoms with Crippen LogP contribution in [0.3, 0.4) is 0 Å². The molecule has 0 amide bonds. The largest absolute Gasteiger partial charge is 0.281 e. The van der Waals surface area contributed by atoms with E-state index in [-0.39, 0.29) is 0 Å². The molecule has 0 spiro atoms. The topological polar surface area (TPSA) is 12.4 Å². The summed E-state index contributed by atoms with van der Waals surface area (Å²) in [5.74, 6) is 0. The lowest BCUT2D eigenvalue weighted by Gasteiger charge is -2.12. The van der Waals surface area contributed by atoms with E-state index in [0.29, 0.717) is 6.04 Å². The molecule has 1 nitrogen and oxygen atoms in total. The van der Waals surface area contributed by atoms with Crippen molar-refractivity contribution in [3.05, 3.63) is 84.4 Å². The zero-order chi connectivity index (χ0) is 14.9. The van der Waals surface area contributed by atoms with Crippen LogP contribution in [0.5, 0.6) is 0 Å². The fourth-order valence-corrected chi connectivity index (χ4v) is 2.35. The van der Waals surface area contributed by atoms with Gasteiger partial charge < -0.3 is 0 Å². The number of unbranched alkanes of at least 4 members (excludes halogenated alkanes) is 1. The van der Waals surface area contributed by atoms with E-state index < -0.39 is 0 Å². The highest BCUT2D eigenvalue weighted by atomic mass is 14.8. The van der Waals surface area contributed by atoms with Crippen LogP contribution in [0.4, 0.5) is 0 Å². The van der Waals surface area contributed by atoms with Crippen LogP contribution in [0, 0.1) is 0 Å². The van der Waals surface area contributed by atoms with Gasteiger partial charge >= 0.3 is 0 Å². The van der Waals surface area contributed by atoms with Gasteiger partial charge in [0.15, 0.2) is 0 Å². The molecule has 0 radical (unpaired) electrons. The molecule has 0 N–H and O–H groups in total. The first-order valence-corrected chi connectivity index (χ1v) is 7.61. The maximum Gasteiger partial charge on any atom is 0.0722 e. The van der Waals surface area contributed by atoms with Crippen LogP contribution < -0.4 is 0 Å². The molecule has 2 aromatic rings. The van der Waals surface area contributed by atoms with Crippen LogP contribution in [0.2, 0.25) is 0 Å². The summed E-state index contributed by atoms with van der Waals surface area (Å²) in [6, 6.07) is 21.2. The summed E-state index contributed by atoms with van der Waals surface area (Å²) in [6.07, 6.45) is 5.28. The fraction of sp³-hybridized carbons (Fsp3) is 0.250. The molecule has 0 heterocycles. The van der Waals surface area contributed by atoms with Gasteiger partial charge in [0.2, 0.25) is 0 Å². The van der Waals surface area contributed by atoms with Gasteiger partial charge in [0.25, 0.3) is 0 Å². The van der Waals surface area contributed by atoms with Gasteiger partial charge in [-0.15, -0.1) is 6.58 Å². The van der Waals surface area contributed by atoms with E-state index in [4.69, 9.17) is 4.99 Å². The van der Waals surface area contributed by atoms with Gasteiger partial charge in [0.05, 0.1) is 5.71 Å². The molecule has 2 aromatic carbocycles. The molecule has 0 saturated heterocycles. The van der Waals surface area contributed by atoms with Crippen molar-refractivity contribution in [2.24, 2.45) is 4.99 Å². The molecule has 0 bridgehead atoms. The lowest BCUT2D eigenvalue weighted by molar-refractivity contribution is 0.633. The number of nitrogens with zero attached hydrogens (tertiary/aromatic N) is 1. The molecular weight excluding hydrogens is 254 g/mol. The molecule has 0 aliphatic rings. The van der Waals surface area contributed by atoms with Gasteiger partial charge in [-0.3, -0.25) is 4.99 Å². The van der Waals surface area contributed by atoms with Crippen LogP contribution in [0.15, 0.2) is 78.3 Å². The van der Waals surface area contributed by atoms with Crippen LogP contribution in [0.25, 0.3) is 0 Å². The number of aliphatic imine (C=N–C) groups is 1. The van der Waals surface area contributed by atoms with Crippen LogP contribution in [-0.2, 0) is 0 Å². The third-order valence-corrected chi connectivity index (χ3v) is 3.47. The Kier molecular flexibility index (Phi) is 5.96. The van der Waals surface area contributed by atoms with Crippen molar-refractivity contribution in [3.8, 4) is 0 Å². The lowest BCUT2D eigenvalue weighted by Crippen LogP contribution is -2.09. The average molecular weight is 277 g/mol. The van der Waals surface area contributed by atoms with Gasteiger partial charge in [-0.2, -0.15) is 0 Å². The second kappa shape index (κ2) is 8.21. The number of rotatable bonds is 7. The normalized spacial score (nSPS) is 11.7. The van der Waals surface area contributed by atoms with Crippen LogP contribution >= 0.6 is 0 Å². The van der Waals surface area contributed by atoms with E-state index >= 15 is 0 Å². The van der Waals surface area contributed by atoms with Crippen LogP contribution in [0.1, 0.15) is 37.3 Å². The molecular formula is C20H23N. The second-order valence-electron chi connectivity index (χ2n) is 5.28. The summed E-state index contributed by atoms with van der Waals surface area (Å²) in [7, 11) is 0. The Labute approximate surface area is 128 Å². The van der Waals surface area contributed by atoms with Crippen molar-refractivity contribution in [2.45, 2.75) is 32.2 Å². The minimum absolute atomic E-state index is 0.320. The first kappa shape index (κ1) is 15.2. The maximum atomic E-state index is 4.97. The van der Waals surface area contributed by atoms with Gasteiger partial charge in [-0.1, -0.05) is 66.7 Å². The minimum Gasteiger partial charge on any atom is -0.281 e. The Morgan fingerprint density at radius 2 is 1.52 bits per heavy atom. The van der Waals surface area contributed by atoms with Crippen LogP contribution in [-0.4, -0.2) is 11.8 Å². The third-order valence-electron chi connectivity index (χ3n) is 3.47. The Morgan fingerprint density at radius 3 is 2.00 bits per heavy atom. The molecule has 0 unspecified atom stereocenters. The van der Waals surface area contributed by atoms with E-state index in [1.807, 2.05) is 18.2 Å². The molecule has 21 heavy (non-hydrogen) atoms. The number of hydrogen-bond acceptors (Lipinski definition) is 1. The summed E-state index contributed by atoms with van der Waals surface area (Å²) in [5.41, 5.74) is 3.45. The molecule has 1 atom stereocenters. The standard InChI is InChI=1S/C20H23N/c1-3-4-7-12-17(2)21-20(18-13-8-5-9-14-18)19-15-10-6-11-16-19/h3,5-6,8-11,13-17H,1,4,7,12H2,2H3/t17-/m1/s1. The Balaban J connectivity index is 2.26. The zero-order valence-electron chi connectivity index (χ0n) is 12.7. The number of allylic oxidation sites excluding steroid dienone is 1. The molecule has 0 aliphatic carbocycles. The summed E-state index contributed by atoms with van der Waals surface area (Å²) in [6.45, 7) is 5.97. The summed E-state index contributed by atoms with van der Waals surface area (Å²) >= 11 is 0. The van der Waals surface area contributed by atoms with E-state index in [1.165, 1.54) is 11.1 Å². The van der Waals surface area contributed by atoms with Crippen molar-refractivity contribution < 1.29 is 0 Å². The maximum absolute atomic E-state index is 4.97. The fourth-order valence-electron chi connectivity index (χ4n) is 2.35. The molecule has 0 fully saturated rings. The number of hydrogen-bond donors (Lipinski definition) is 0. The predicted octanol–water partition coefficient (Wildman–Crippen LogP) is 5.27. The molecule has 1 heteroatoms. The van der Waals surface area contributed by atoms with E-state index in [2.05, 4.69) is 62.0 Å². The monoisotopic (exact) mass is 277 g/mol. The average Bonchev–Trinajstić information content (AvgIpc) is 2.54. The molecule has 0 aliphatic heterocycles. The molecule has 2 rings (SSSR count). The smallest absolute Gasteiger partial charge is 0.0722 e. The Morgan fingerprint density at radius 1 is 1.00 bits per heavy atom. The number of benzene rings is 2. The van der Waals surface area contributed by atoms with E-state index in [9.17, 15) is 0 Å². The van der Waals surface area contributed by atoms with Gasteiger partial charge in [0, 0.05) is 17.2 Å². The summed E-state index contributed by atoms with van der Waals surface area (Å²) in [5, 5.41) is 0. The van der Waals surface area contributed by atoms with Gasteiger partial charge in [-0.25, -0.2) is 0 Å². The lowest BCUT2D eigenvalue weighted by atomic mass is 10.0. The SMILES string of the molecule is C=CCCC[C@@H](C)N=C(c1ccccc1)c1ccccc1.